The Morgan fingerprint density at radius 2 is 1.66 bits per heavy atom. The highest BCUT2D eigenvalue weighted by molar-refractivity contribution is 7.92. The third kappa shape index (κ3) is 5.52. The second kappa shape index (κ2) is 9.02. The normalized spacial score (nSPS) is 15.4. The van der Waals surface area contributed by atoms with Gasteiger partial charge < -0.3 is 10.2 Å². The summed E-state index contributed by atoms with van der Waals surface area (Å²) in [6, 6.07) is 15.9. The van der Waals surface area contributed by atoms with Crippen LogP contribution in [0.1, 0.15) is 22.8 Å². The smallest absolute Gasteiger partial charge is 0.254 e. The van der Waals surface area contributed by atoms with Gasteiger partial charge in [0.05, 0.1) is 0 Å². The quantitative estimate of drug-likeness (QED) is 0.816. The number of nitrogens with zero attached hydrogens (tertiary/aromatic N) is 2. The summed E-state index contributed by atoms with van der Waals surface area (Å²) in [7, 11) is -3.55. The maximum atomic E-state index is 12.7. The highest BCUT2D eigenvalue weighted by atomic mass is 32.2. The molecule has 0 aromatic heterocycles. The van der Waals surface area contributed by atoms with Crippen molar-refractivity contribution in [1.29, 1.82) is 0 Å². The molecule has 2 amide bonds. The van der Waals surface area contributed by atoms with Gasteiger partial charge in [0.25, 0.3) is 5.91 Å². The average molecular weight is 413 g/mol. The molecule has 1 aliphatic heterocycles. The fourth-order valence-electron chi connectivity index (χ4n) is 3.08. The summed E-state index contributed by atoms with van der Waals surface area (Å²) in [5, 5.41) is 3.86. The summed E-state index contributed by atoms with van der Waals surface area (Å²) in [5.74, 6) is -0.397. The van der Waals surface area contributed by atoms with E-state index >= 15 is 0 Å². The Labute approximate surface area is 170 Å². The minimum atomic E-state index is -3.55. The molecule has 152 valence electrons. The number of carbonyl (C=O) groups excluding carboxylic acids is 2. The average Bonchev–Trinajstić information content (AvgIpc) is 2.72. The molecule has 7 nitrogen and oxygen atoms in total. The van der Waals surface area contributed by atoms with E-state index in [0.717, 1.165) is 5.56 Å². The van der Waals surface area contributed by atoms with Crippen LogP contribution in [0.15, 0.2) is 60.0 Å². The number of hydrogen-bond donors (Lipinski definition) is 1. The zero-order valence-electron chi connectivity index (χ0n) is 16.1. The van der Waals surface area contributed by atoms with E-state index in [0.29, 0.717) is 24.3 Å². The second-order valence-corrected chi connectivity index (χ2v) is 8.53. The minimum absolute atomic E-state index is 0.186. The molecular weight excluding hydrogens is 390 g/mol. The lowest BCUT2D eigenvalue weighted by Crippen LogP contribution is -2.50. The van der Waals surface area contributed by atoms with Crippen molar-refractivity contribution in [1.82, 2.24) is 9.21 Å². The number of rotatable bonds is 5. The third-order valence-electron chi connectivity index (χ3n) is 4.55. The molecule has 0 aliphatic carbocycles. The molecule has 0 radical (unpaired) electrons. The number of benzene rings is 2. The van der Waals surface area contributed by atoms with Gasteiger partial charge in [0.1, 0.15) is 0 Å². The molecule has 3 rings (SSSR count). The molecule has 1 N–H and O–H groups in total. The van der Waals surface area contributed by atoms with Crippen LogP contribution in [0.25, 0.3) is 6.08 Å². The van der Waals surface area contributed by atoms with Crippen LogP contribution in [0.3, 0.4) is 0 Å². The van der Waals surface area contributed by atoms with Crippen molar-refractivity contribution < 1.29 is 18.0 Å². The predicted molar refractivity (Wildman–Crippen MR) is 113 cm³/mol. The van der Waals surface area contributed by atoms with Gasteiger partial charge in [0, 0.05) is 49.8 Å². The van der Waals surface area contributed by atoms with E-state index in [-0.39, 0.29) is 24.9 Å². The lowest BCUT2D eigenvalue weighted by Gasteiger charge is -2.33. The maximum absolute atomic E-state index is 12.7. The van der Waals surface area contributed by atoms with Gasteiger partial charge in [0.15, 0.2) is 0 Å². The van der Waals surface area contributed by atoms with Crippen LogP contribution in [-0.2, 0) is 14.8 Å². The Hall–Kier alpha value is -2.97. The molecular formula is C21H23N3O4S. The predicted octanol–water partition coefficient (Wildman–Crippen LogP) is 2.40. The van der Waals surface area contributed by atoms with Gasteiger partial charge in [-0.05, 0) is 29.8 Å². The summed E-state index contributed by atoms with van der Waals surface area (Å²) in [6.45, 7) is 2.49. The molecule has 0 bridgehead atoms. The van der Waals surface area contributed by atoms with Gasteiger partial charge in [-0.3, -0.25) is 9.59 Å². The van der Waals surface area contributed by atoms with Crippen LogP contribution in [0.5, 0.6) is 0 Å². The number of hydrogen-bond acceptors (Lipinski definition) is 4. The largest absolute Gasteiger partial charge is 0.336 e. The van der Waals surface area contributed by atoms with Gasteiger partial charge in [-0.15, -0.1) is 0 Å². The summed E-state index contributed by atoms with van der Waals surface area (Å²) < 4.78 is 26.5. The van der Waals surface area contributed by atoms with E-state index in [1.165, 1.54) is 16.6 Å². The fraction of sp³-hybridized carbons (Fsp3) is 0.238. The lowest BCUT2D eigenvalue weighted by atomic mass is 10.1. The minimum Gasteiger partial charge on any atom is -0.336 e. The molecule has 1 saturated heterocycles. The topological polar surface area (TPSA) is 86.8 Å². The van der Waals surface area contributed by atoms with Crippen molar-refractivity contribution in [2.24, 2.45) is 0 Å². The second-order valence-electron chi connectivity index (χ2n) is 6.71. The molecule has 0 saturated carbocycles. The Bertz CT molecular complexity index is 1010. The van der Waals surface area contributed by atoms with Crippen LogP contribution in [0.2, 0.25) is 0 Å². The van der Waals surface area contributed by atoms with Crippen LogP contribution in [-0.4, -0.2) is 55.6 Å². The van der Waals surface area contributed by atoms with E-state index in [4.69, 9.17) is 0 Å². The van der Waals surface area contributed by atoms with Crippen LogP contribution in [0, 0.1) is 0 Å². The number of nitrogens with one attached hydrogen (secondary N) is 1. The lowest BCUT2D eigenvalue weighted by molar-refractivity contribution is -0.114. The van der Waals surface area contributed by atoms with E-state index < -0.39 is 10.0 Å². The van der Waals surface area contributed by atoms with Crippen molar-refractivity contribution in [3.63, 3.8) is 0 Å². The van der Waals surface area contributed by atoms with Crippen LogP contribution in [0.4, 0.5) is 5.69 Å². The SMILES string of the molecule is CC(=O)Nc1cccc(C(=O)N2CCN(S(=O)(=O)/C=C/c3ccccc3)CC2)c1. The molecule has 8 heteroatoms. The van der Waals surface area contributed by atoms with Crippen molar-refractivity contribution >= 4 is 33.6 Å². The number of sulfonamides is 1. The van der Waals surface area contributed by atoms with E-state index in [1.54, 1.807) is 35.2 Å². The van der Waals surface area contributed by atoms with Crippen molar-refractivity contribution in [2.45, 2.75) is 6.92 Å². The van der Waals surface area contributed by atoms with E-state index in [1.807, 2.05) is 30.3 Å². The molecule has 0 spiro atoms. The zero-order valence-corrected chi connectivity index (χ0v) is 16.9. The van der Waals surface area contributed by atoms with Gasteiger partial charge in [-0.2, -0.15) is 4.31 Å². The maximum Gasteiger partial charge on any atom is 0.254 e. The number of carbonyl (C=O) groups is 2. The van der Waals surface area contributed by atoms with Crippen LogP contribution >= 0.6 is 0 Å². The van der Waals surface area contributed by atoms with Gasteiger partial charge in [-0.1, -0.05) is 36.4 Å². The highest BCUT2D eigenvalue weighted by Gasteiger charge is 2.27. The monoisotopic (exact) mass is 413 g/mol. The number of piperazine rings is 1. The van der Waals surface area contributed by atoms with Gasteiger partial charge in [-0.25, -0.2) is 8.42 Å². The third-order valence-corrected chi connectivity index (χ3v) is 6.11. The molecule has 0 atom stereocenters. The molecule has 29 heavy (non-hydrogen) atoms. The number of anilines is 1. The van der Waals surface area contributed by atoms with Crippen LogP contribution < -0.4 is 5.32 Å². The zero-order chi connectivity index (χ0) is 20.9. The van der Waals surface area contributed by atoms with Crippen molar-refractivity contribution in [2.75, 3.05) is 31.5 Å². The summed E-state index contributed by atoms with van der Waals surface area (Å²) in [6.07, 6.45) is 1.57. The van der Waals surface area contributed by atoms with E-state index in [2.05, 4.69) is 5.32 Å². The van der Waals surface area contributed by atoms with Gasteiger partial charge in [0.2, 0.25) is 15.9 Å². The number of amides is 2. The molecule has 2 aromatic carbocycles. The summed E-state index contributed by atoms with van der Waals surface area (Å²) in [4.78, 5) is 25.6. The Morgan fingerprint density at radius 3 is 2.31 bits per heavy atom. The highest BCUT2D eigenvalue weighted by Crippen LogP contribution is 2.16. The molecule has 0 unspecified atom stereocenters. The first-order valence-electron chi connectivity index (χ1n) is 9.25. The summed E-state index contributed by atoms with van der Waals surface area (Å²) in [5.41, 5.74) is 1.82. The van der Waals surface area contributed by atoms with Crippen molar-refractivity contribution in [3.8, 4) is 0 Å². The Balaban J connectivity index is 1.62. The molecule has 2 aromatic rings. The Kier molecular flexibility index (Phi) is 6.46. The standard InChI is InChI=1S/C21H23N3O4S/c1-17(25)22-20-9-5-8-19(16-20)21(26)23-11-13-24(14-12-23)29(27,28)15-10-18-6-3-2-4-7-18/h2-10,15-16H,11-14H2,1H3,(H,22,25)/b15-10+. The molecule has 1 heterocycles. The molecule has 1 fully saturated rings. The van der Waals surface area contributed by atoms with Gasteiger partial charge >= 0.3 is 0 Å². The molecule has 1 aliphatic rings. The van der Waals surface area contributed by atoms with Crippen molar-refractivity contribution in [3.05, 3.63) is 71.1 Å². The summed E-state index contributed by atoms with van der Waals surface area (Å²) >= 11 is 0. The van der Waals surface area contributed by atoms with E-state index in [9.17, 15) is 18.0 Å². The first-order valence-corrected chi connectivity index (χ1v) is 10.8. The Morgan fingerprint density at radius 1 is 0.966 bits per heavy atom. The first-order chi connectivity index (χ1) is 13.8. The fourth-order valence-corrected chi connectivity index (χ4v) is 4.25. The first kappa shape index (κ1) is 20.8.